The van der Waals surface area contributed by atoms with E-state index in [1.807, 2.05) is 18.2 Å². The number of para-hydroxylation sites is 1. The molecule has 0 saturated carbocycles. The van der Waals surface area contributed by atoms with E-state index in [2.05, 4.69) is 6.92 Å². The number of benzene rings is 1. The molecule has 1 heterocycles. The molecule has 1 unspecified atom stereocenters. The molecule has 0 fully saturated rings. The highest BCUT2D eigenvalue weighted by molar-refractivity contribution is 6.34. The number of unbranched alkanes of at least 4 members (excludes halogenated alkanes) is 3. The van der Waals surface area contributed by atoms with Gasteiger partial charge in [-0.05, 0) is 18.6 Å². The van der Waals surface area contributed by atoms with Crippen molar-refractivity contribution in [1.82, 2.24) is 0 Å². The first-order valence-corrected chi connectivity index (χ1v) is 6.96. The van der Waals surface area contributed by atoms with E-state index in [1.54, 1.807) is 6.07 Å². The van der Waals surface area contributed by atoms with Crippen LogP contribution in [0.2, 0.25) is 5.02 Å². The number of hydrogen-bond acceptors (Lipinski definition) is 2. The Labute approximate surface area is 113 Å². The second kappa shape index (κ2) is 6.26. The summed E-state index contributed by atoms with van der Waals surface area (Å²) in [5, 5.41) is 11.6. The number of fused-ring (bicyclic) bond motifs is 1. The van der Waals surface area contributed by atoms with Crippen molar-refractivity contribution in [3.8, 4) is 0 Å². The van der Waals surface area contributed by atoms with Gasteiger partial charge in [0.1, 0.15) is 11.9 Å². The zero-order valence-electron chi connectivity index (χ0n) is 10.7. The Hall–Kier alpha value is -0.990. The Morgan fingerprint density at radius 3 is 2.83 bits per heavy atom. The molecule has 18 heavy (non-hydrogen) atoms. The quantitative estimate of drug-likeness (QED) is 0.739. The fourth-order valence-corrected chi connectivity index (χ4v) is 2.34. The number of hydrogen-bond donors (Lipinski definition) is 1. The second-order valence-corrected chi connectivity index (χ2v) is 5.08. The monoisotopic (exact) mass is 266 g/mol. The molecule has 2 nitrogen and oxygen atoms in total. The zero-order valence-corrected chi connectivity index (χ0v) is 11.4. The van der Waals surface area contributed by atoms with Crippen molar-refractivity contribution in [3.05, 3.63) is 35.0 Å². The second-order valence-electron chi connectivity index (χ2n) is 4.67. The number of rotatable bonds is 6. The molecule has 0 aliphatic carbocycles. The van der Waals surface area contributed by atoms with Crippen LogP contribution in [0.4, 0.5) is 0 Å². The van der Waals surface area contributed by atoms with Crippen LogP contribution in [0.15, 0.2) is 28.7 Å². The minimum Gasteiger partial charge on any atom is -0.457 e. The fraction of sp³-hybridized carbons (Fsp3) is 0.467. The minimum absolute atomic E-state index is 0.523. The van der Waals surface area contributed by atoms with Crippen LogP contribution in [0.25, 0.3) is 11.0 Å². The Bertz CT molecular complexity index is 504. The Morgan fingerprint density at radius 2 is 2.11 bits per heavy atom. The lowest BCUT2D eigenvalue weighted by Gasteiger charge is -2.06. The maximum atomic E-state index is 10.1. The lowest BCUT2D eigenvalue weighted by atomic mass is 10.1. The van der Waals surface area contributed by atoms with Crippen LogP contribution in [0.3, 0.4) is 0 Å². The van der Waals surface area contributed by atoms with E-state index in [0.29, 0.717) is 16.4 Å². The normalized spacial score (nSPS) is 13.1. The summed E-state index contributed by atoms with van der Waals surface area (Å²) in [6.07, 6.45) is 4.84. The van der Waals surface area contributed by atoms with Crippen LogP contribution in [-0.2, 0) is 0 Å². The summed E-state index contributed by atoms with van der Waals surface area (Å²) in [6.45, 7) is 2.18. The first kappa shape index (κ1) is 13.4. The van der Waals surface area contributed by atoms with Crippen molar-refractivity contribution in [2.75, 3.05) is 0 Å². The van der Waals surface area contributed by atoms with Crippen molar-refractivity contribution in [2.45, 2.75) is 45.1 Å². The van der Waals surface area contributed by atoms with Gasteiger partial charge < -0.3 is 9.52 Å². The standard InChI is InChI=1S/C15H19ClO2/c1-2-3-4-5-9-13(17)14-10-11-7-6-8-12(16)15(11)18-14/h6-8,10,13,17H,2-5,9H2,1H3. The molecule has 0 saturated heterocycles. The van der Waals surface area contributed by atoms with Crippen LogP contribution in [-0.4, -0.2) is 5.11 Å². The number of furan rings is 1. The largest absolute Gasteiger partial charge is 0.457 e. The summed E-state index contributed by atoms with van der Waals surface area (Å²) in [6, 6.07) is 7.51. The fourth-order valence-electron chi connectivity index (χ4n) is 2.12. The van der Waals surface area contributed by atoms with E-state index in [4.69, 9.17) is 16.0 Å². The molecule has 1 aromatic heterocycles. The molecule has 0 spiro atoms. The third-order valence-corrected chi connectivity index (χ3v) is 3.47. The van der Waals surface area contributed by atoms with Crippen molar-refractivity contribution in [3.63, 3.8) is 0 Å². The molecule has 2 rings (SSSR count). The van der Waals surface area contributed by atoms with Crippen molar-refractivity contribution in [2.24, 2.45) is 0 Å². The van der Waals surface area contributed by atoms with E-state index < -0.39 is 6.10 Å². The summed E-state index contributed by atoms with van der Waals surface area (Å²) < 4.78 is 5.64. The molecule has 0 aliphatic rings. The summed E-state index contributed by atoms with van der Waals surface area (Å²) in [7, 11) is 0. The Balaban J connectivity index is 2.04. The van der Waals surface area contributed by atoms with Gasteiger partial charge in [0.25, 0.3) is 0 Å². The van der Waals surface area contributed by atoms with Gasteiger partial charge in [0.15, 0.2) is 5.58 Å². The summed E-state index contributed by atoms with van der Waals surface area (Å²) in [5.41, 5.74) is 0.668. The van der Waals surface area contributed by atoms with Crippen molar-refractivity contribution >= 4 is 22.6 Å². The molecule has 0 radical (unpaired) electrons. The highest BCUT2D eigenvalue weighted by atomic mass is 35.5. The van der Waals surface area contributed by atoms with Crippen LogP contribution < -0.4 is 0 Å². The third-order valence-electron chi connectivity index (χ3n) is 3.17. The molecule has 1 N–H and O–H groups in total. The number of aliphatic hydroxyl groups is 1. The minimum atomic E-state index is -0.523. The predicted molar refractivity (Wildman–Crippen MR) is 74.9 cm³/mol. The SMILES string of the molecule is CCCCCCC(O)c1cc2cccc(Cl)c2o1. The van der Waals surface area contributed by atoms with Crippen LogP contribution in [0.5, 0.6) is 0 Å². The first-order valence-electron chi connectivity index (χ1n) is 6.58. The van der Waals surface area contributed by atoms with Crippen LogP contribution in [0, 0.1) is 0 Å². The Morgan fingerprint density at radius 1 is 1.28 bits per heavy atom. The van der Waals surface area contributed by atoms with Gasteiger partial charge in [-0.1, -0.05) is 56.3 Å². The number of aliphatic hydroxyl groups excluding tert-OH is 1. The highest BCUT2D eigenvalue weighted by Crippen LogP contribution is 2.31. The van der Waals surface area contributed by atoms with E-state index in [1.165, 1.54) is 12.8 Å². The average molecular weight is 267 g/mol. The van der Waals surface area contributed by atoms with Gasteiger partial charge >= 0.3 is 0 Å². The predicted octanol–water partition coefficient (Wildman–Crippen LogP) is 5.09. The lowest BCUT2D eigenvalue weighted by Crippen LogP contribution is -1.95. The highest BCUT2D eigenvalue weighted by Gasteiger charge is 2.14. The smallest absolute Gasteiger partial charge is 0.152 e. The molecule has 1 aromatic carbocycles. The van der Waals surface area contributed by atoms with Gasteiger partial charge in [-0.3, -0.25) is 0 Å². The maximum Gasteiger partial charge on any atom is 0.152 e. The van der Waals surface area contributed by atoms with Crippen molar-refractivity contribution in [1.29, 1.82) is 0 Å². The Kier molecular flexibility index (Phi) is 4.67. The molecular weight excluding hydrogens is 248 g/mol. The van der Waals surface area contributed by atoms with E-state index in [9.17, 15) is 5.11 Å². The molecule has 3 heteroatoms. The molecule has 0 bridgehead atoms. The molecule has 2 aromatic rings. The third kappa shape index (κ3) is 3.06. The van der Waals surface area contributed by atoms with Gasteiger partial charge in [-0.15, -0.1) is 0 Å². The first-order chi connectivity index (χ1) is 8.72. The maximum absolute atomic E-state index is 10.1. The molecule has 1 atom stereocenters. The number of halogens is 1. The van der Waals surface area contributed by atoms with Gasteiger partial charge in [0.05, 0.1) is 5.02 Å². The average Bonchev–Trinajstić information content (AvgIpc) is 2.80. The summed E-state index contributed by atoms with van der Waals surface area (Å²) >= 11 is 6.05. The summed E-state index contributed by atoms with van der Waals surface area (Å²) in [4.78, 5) is 0. The van der Waals surface area contributed by atoms with Crippen molar-refractivity contribution < 1.29 is 9.52 Å². The zero-order chi connectivity index (χ0) is 13.0. The van der Waals surface area contributed by atoms with Crippen LogP contribution >= 0.6 is 11.6 Å². The topological polar surface area (TPSA) is 33.4 Å². The molecule has 0 aliphatic heterocycles. The van der Waals surface area contributed by atoms with Gasteiger partial charge in [-0.25, -0.2) is 0 Å². The molecule has 0 amide bonds. The van der Waals surface area contributed by atoms with Gasteiger partial charge in [0.2, 0.25) is 0 Å². The molecular formula is C15H19ClO2. The van der Waals surface area contributed by atoms with Gasteiger partial charge in [0, 0.05) is 5.39 Å². The van der Waals surface area contributed by atoms with E-state index in [-0.39, 0.29) is 0 Å². The van der Waals surface area contributed by atoms with E-state index in [0.717, 1.165) is 24.6 Å². The van der Waals surface area contributed by atoms with E-state index >= 15 is 0 Å². The lowest BCUT2D eigenvalue weighted by molar-refractivity contribution is 0.139. The summed E-state index contributed by atoms with van der Waals surface area (Å²) in [5.74, 6) is 0.620. The molecule has 98 valence electrons. The van der Waals surface area contributed by atoms with Crippen LogP contribution in [0.1, 0.15) is 50.9 Å². The van der Waals surface area contributed by atoms with Gasteiger partial charge in [-0.2, -0.15) is 0 Å².